The van der Waals surface area contributed by atoms with Crippen LogP contribution in [0.4, 0.5) is 24.7 Å². The van der Waals surface area contributed by atoms with Crippen molar-refractivity contribution in [2.45, 2.75) is 19.1 Å². The van der Waals surface area contributed by atoms with Crippen LogP contribution >= 0.6 is 0 Å². The third-order valence-electron chi connectivity index (χ3n) is 4.80. The van der Waals surface area contributed by atoms with E-state index < -0.39 is 18.5 Å². The fourth-order valence-corrected chi connectivity index (χ4v) is 3.27. The molecule has 3 rings (SSSR count). The molecule has 2 amide bonds. The van der Waals surface area contributed by atoms with Crippen molar-refractivity contribution in [1.29, 1.82) is 0 Å². The Morgan fingerprint density at radius 2 is 1.84 bits per heavy atom. The van der Waals surface area contributed by atoms with E-state index in [0.717, 1.165) is 37.4 Å². The Morgan fingerprint density at radius 3 is 2.45 bits per heavy atom. The Labute approximate surface area is 177 Å². The van der Waals surface area contributed by atoms with Gasteiger partial charge in [0.2, 0.25) is 5.91 Å². The van der Waals surface area contributed by atoms with Crippen molar-refractivity contribution in [3.05, 3.63) is 47.9 Å². The zero-order chi connectivity index (χ0) is 22.4. The molecule has 0 unspecified atom stereocenters. The van der Waals surface area contributed by atoms with Crippen molar-refractivity contribution in [3.8, 4) is 0 Å². The number of hydrogen-bond acceptors (Lipinski definition) is 6. The normalized spacial score (nSPS) is 14.9. The first kappa shape index (κ1) is 22.5. The van der Waals surface area contributed by atoms with Gasteiger partial charge in [-0.15, -0.1) is 0 Å². The molecule has 8 nitrogen and oxygen atoms in total. The number of nitrogens with zero attached hydrogens (tertiary/aromatic N) is 4. The van der Waals surface area contributed by atoms with Crippen LogP contribution in [0.1, 0.15) is 22.5 Å². The number of rotatable bonds is 6. The highest BCUT2D eigenvalue weighted by molar-refractivity contribution is 5.92. The molecule has 1 fully saturated rings. The lowest BCUT2D eigenvalue weighted by Crippen LogP contribution is -2.46. The van der Waals surface area contributed by atoms with E-state index in [1.807, 2.05) is 6.07 Å². The standard InChI is InChI=1S/C20H23F3N6O2/c1-24-19(31)16-3-2-15(12-26-16)29-8-6-28(7-9-29)13-14-4-5-25-17(10-14)27-18(30)11-20(21,22)23/h2-5,10,12H,6-9,11,13H2,1H3,(H,24,31)(H,25,27,30). The average Bonchev–Trinajstić information content (AvgIpc) is 2.73. The predicted molar refractivity (Wildman–Crippen MR) is 109 cm³/mol. The summed E-state index contributed by atoms with van der Waals surface area (Å²) in [6.45, 7) is 3.67. The fraction of sp³-hybridized carbons (Fsp3) is 0.400. The highest BCUT2D eigenvalue weighted by atomic mass is 19.4. The predicted octanol–water partition coefficient (Wildman–Crippen LogP) is 2.05. The summed E-state index contributed by atoms with van der Waals surface area (Å²) in [5, 5.41) is 4.72. The second-order valence-corrected chi connectivity index (χ2v) is 7.13. The molecule has 1 aliphatic rings. The quantitative estimate of drug-likeness (QED) is 0.721. The van der Waals surface area contributed by atoms with Crippen molar-refractivity contribution in [2.24, 2.45) is 0 Å². The van der Waals surface area contributed by atoms with Gasteiger partial charge in [0.1, 0.15) is 17.9 Å². The Hall–Kier alpha value is -3.21. The Bertz CT molecular complexity index is 912. The summed E-state index contributed by atoms with van der Waals surface area (Å²) in [6, 6.07) is 6.91. The average molecular weight is 436 g/mol. The first-order valence-electron chi connectivity index (χ1n) is 9.70. The second-order valence-electron chi connectivity index (χ2n) is 7.13. The molecule has 1 saturated heterocycles. The van der Waals surface area contributed by atoms with Gasteiger partial charge in [-0.2, -0.15) is 13.2 Å². The van der Waals surface area contributed by atoms with Crippen molar-refractivity contribution < 1.29 is 22.8 Å². The summed E-state index contributed by atoms with van der Waals surface area (Å²) in [7, 11) is 1.55. The molecule has 1 aliphatic heterocycles. The number of pyridine rings is 2. The molecule has 0 spiro atoms. The van der Waals surface area contributed by atoms with Gasteiger partial charge < -0.3 is 15.5 Å². The Kier molecular flexibility index (Phi) is 7.06. The molecule has 0 bridgehead atoms. The van der Waals surface area contributed by atoms with Gasteiger partial charge in [-0.3, -0.25) is 14.5 Å². The number of alkyl halides is 3. The summed E-state index contributed by atoms with van der Waals surface area (Å²) in [6.07, 6.45) is -2.95. The van der Waals surface area contributed by atoms with Gasteiger partial charge in [-0.05, 0) is 29.8 Å². The van der Waals surface area contributed by atoms with Crippen molar-refractivity contribution in [3.63, 3.8) is 0 Å². The zero-order valence-electron chi connectivity index (χ0n) is 16.9. The van der Waals surface area contributed by atoms with Crippen LogP contribution in [0.2, 0.25) is 0 Å². The minimum atomic E-state index is -4.56. The number of halogens is 3. The summed E-state index contributed by atoms with van der Waals surface area (Å²) >= 11 is 0. The lowest BCUT2D eigenvalue weighted by atomic mass is 10.2. The summed E-state index contributed by atoms with van der Waals surface area (Å²) in [5.41, 5.74) is 2.15. The molecule has 3 heterocycles. The summed E-state index contributed by atoms with van der Waals surface area (Å²) in [4.78, 5) is 35.5. The molecular weight excluding hydrogens is 413 g/mol. The number of hydrogen-bond donors (Lipinski definition) is 2. The Balaban J connectivity index is 1.52. The molecule has 2 aromatic rings. The fourth-order valence-electron chi connectivity index (χ4n) is 3.27. The molecule has 0 radical (unpaired) electrons. The SMILES string of the molecule is CNC(=O)c1ccc(N2CCN(Cc3ccnc(NC(=O)CC(F)(F)F)c3)CC2)cn1. The highest BCUT2D eigenvalue weighted by Gasteiger charge is 2.31. The van der Waals surface area contributed by atoms with Crippen LogP contribution in [0.3, 0.4) is 0 Å². The topological polar surface area (TPSA) is 90.5 Å². The van der Waals surface area contributed by atoms with Gasteiger partial charge >= 0.3 is 6.18 Å². The molecule has 0 atom stereocenters. The number of anilines is 2. The number of nitrogens with one attached hydrogen (secondary N) is 2. The van der Waals surface area contributed by atoms with E-state index in [-0.39, 0.29) is 11.7 Å². The van der Waals surface area contributed by atoms with Gasteiger partial charge in [0.15, 0.2) is 0 Å². The molecule has 2 N–H and O–H groups in total. The second kappa shape index (κ2) is 9.73. The van der Waals surface area contributed by atoms with Gasteiger partial charge in [0.25, 0.3) is 5.91 Å². The van der Waals surface area contributed by atoms with E-state index in [0.29, 0.717) is 12.2 Å². The molecule has 0 aliphatic carbocycles. The molecular formula is C20H23F3N6O2. The monoisotopic (exact) mass is 436 g/mol. The van der Waals surface area contributed by atoms with E-state index in [2.05, 4.69) is 30.4 Å². The molecule has 31 heavy (non-hydrogen) atoms. The zero-order valence-corrected chi connectivity index (χ0v) is 16.9. The van der Waals surface area contributed by atoms with Crippen molar-refractivity contribution in [1.82, 2.24) is 20.2 Å². The number of aromatic nitrogens is 2. The maximum absolute atomic E-state index is 12.3. The lowest BCUT2D eigenvalue weighted by molar-refractivity contribution is -0.150. The maximum Gasteiger partial charge on any atom is 0.397 e. The first-order chi connectivity index (χ1) is 14.7. The lowest BCUT2D eigenvalue weighted by Gasteiger charge is -2.36. The van der Waals surface area contributed by atoms with E-state index in [1.54, 1.807) is 31.4 Å². The van der Waals surface area contributed by atoms with E-state index in [4.69, 9.17) is 0 Å². The molecule has 0 saturated carbocycles. The minimum absolute atomic E-state index is 0.104. The van der Waals surface area contributed by atoms with Crippen molar-refractivity contribution >= 4 is 23.3 Å². The van der Waals surface area contributed by atoms with Gasteiger partial charge in [-0.1, -0.05) is 0 Å². The van der Waals surface area contributed by atoms with Crippen LogP contribution in [0, 0.1) is 0 Å². The molecule has 11 heteroatoms. The highest BCUT2D eigenvalue weighted by Crippen LogP contribution is 2.21. The van der Waals surface area contributed by atoms with Crippen LogP contribution in [0.15, 0.2) is 36.7 Å². The number of piperazine rings is 1. The minimum Gasteiger partial charge on any atom is -0.368 e. The number of carbonyl (C=O) groups excluding carboxylic acids is 2. The van der Waals surface area contributed by atoms with Crippen LogP contribution in [-0.4, -0.2) is 66.1 Å². The van der Waals surface area contributed by atoms with Crippen LogP contribution in [0.25, 0.3) is 0 Å². The van der Waals surface area contributed by atoms with Gasteiger partial charge in [-0.25, -0.2) is 9.97 Å². The molecule has 166 valence electrons. The van der Waals surface area contributed by atoms with Gasteiger partial charge in [0, 0.05) is 46.0 Å². The third kappa shape index (κ3) is 6.64. The molecule has 0 aromatic carbocycles. The van der Waals surface area contributed by atoms with E-state index >= 15 is 0 Å². The van der Waals surface area contributed by atoms with E-state index in [9.17, 15) is 22.8 Å². The smallest absolute Gasteiger partial charge is 0.368 e. The number of carbonyl (C=O) groups is 2. The summed E-state index contributed by atoms with van der Waals surface area (Å²) < 4.78 is 36.9. The molecule has 2 aromatic heterocycles. The van der Waals surface area contributed by atoms with Crippen molar-refractivity contribution in [2.75, 3.05) is 43.4 Å². The number of amides is 2. The Morgan fingerprint density at radius 1 is 1.10 bits per heavy atom. The maximum atomic E-state index is 12.3. The van der Waals surface area contributed by atoms with Crippen LogP contribution in [0.5, 0.6) is 0 Å². The summed E-state index contributed by atoms with van der Waals surface area (Å²) in [5.74, 6) is -1.27. The first-order valence-corrected chi connectivity index (χ1v) is 9.70. The van der Waals surface area contributed by atoms with Crippen LogP contribution in [-0.2, 0) is 11.3 Å². The third-order valence-corrected chi connectivity index (χ3v) is 4.80. The largest absolute Gasteiger partial charge is 0.397 e. The van der Waals surface area contributed by atoms with Crippen LogP contribution < -0.4 is 15.5 Å². The van der Waals surface area contributed by atoms with E-state index in [1.165, 1.54) is 6.20 Å². The van der Waals surface area contributed by atoms with Gasteiger partial charge in [0.05, 0.1) is 11.9 Å².